The molecule has 0 saturated heterocycles. The Labute approximate surface area is 94.9 Å². The van der Waals surface area contributed by atoms with Gasteiger partial charge in [-0.25, -0.2) is 13.1 Å². The van der Waals surface area contributed by atoms with Crippen molar-refractivity contribution in [3.63, 3.8) is 0 Å². The molecule has 16 heavy (non-hydrogen) atoms. The van der Waals surface area contributed by atoms with Gasteiger partial charge < -0.3 is 0 Å². The first kappa shape index (κ1) is 12.8. The van der Waals surface area contributed by atoms with Crippen molar-refractivity contribution >= 4 is 15.7 Å². The molecule has 6 heteroatoms. The van der Waals surface area contributed by atoms with Gasteiger partial charge in [-0.3, -0.25) is 0 Å². The second kappa shape index (κ2) is 5.72. The first-order valence-electron chi connectivity index (χ1n) is 4.97. The zero-order chi connectivity index (χ0) is 12.0. The number of hydrogen-bond donors (Lipinski definition) is 1. The summed E-state index contributed by atoms with van der Waals surface area (Å²) in [4.78, 5) is 10.2. The van der Waals surface area contributed by atoms with E-state index in [9.17, 15) is 13.3 Å². The highest BCUT2D eigenvalue weighted by Crippen LogP contribution is 2.13. The van der Waals surface area contributed by atoms with E-state index in [4.69, 9.17) is 0 Å². The van der Waals surface area contributed by atoms with Crippen LogP contribution in [0.5, 0.6) is 0 Å². The second-order valence-electron chi connectivity index (χ2n) is 3.41. The molecule has 0 aliphatic rings. The normalized spacial score (nSPS) is 11.3. The van der Waals surface area contributed by atoms with E-state index in [0.29, 0.717) is 17.8 Å². The number of sulfonamides is 1. The van der Waals surface area contributed by atoms with Crippen LogP contribution in [-0.2, 0) is 15.8 Å². The second-order valence-corrected chi connectivity index (χ2v) is 5.22. The summed E-state index contributed by atoms with van der Waals surface area (Å²) in [6.07, 6.45) is 0.757. The Bertz CT molecular complexity index is 440. The van der Waals surface area contributed by atoms with Gasteiger partial charge in [-0.05, 0) is 29.3 Å². The molecule has 0 bridgehead atoms. The van der Waals surface area contributed by atoms with E-state index in [-0.39, 0.29) is 5.75 Å². The Balaban J connectivity index is 2.68. The van der Waals surface area contributed by atoms with Gasteiger partial charge in [0.05, 0.1) is 5.75 Å². The van der Waals surface area contributed by atoms with Crippen LogP contribution in [0.25, 0.3) is 0 Å². The molecule has 1 rings (SSSR count). The summed E-state index contributed by atoms with van der Waals surface area (Å²) in [7, 11) is -3.28. The lowest BCUT2D eigenvalue weighted by atomic mass is 10.2. The SMILES string of the molecule is CCCNS(=O)(=O)Cc1ccc(N=O)cc1. The molecule has 0 aliphatic heterocycles. The lowest BCUT2D eigenvalue weighted by Crippen LogP contribution is -2.25. The zero-order valence-corrected chi connectivity index (χ0v) is 9.83. The van der Waals surface area contributed by atoms with E-state index < -0.39 is 10.0 Å². The van der Waals surface area contributed by atoms with Crippen LogP contribution in [0.2, 0.25) is 0 Å². The van der Waals surface area contributed by atoms with Crippen LogP contribution < -0.4 is 4.72 Å². The quantitative estimate of drug-likeness (QED) is 0.774. The molecule has 0 radical (unpaired) electrons. The summed E-state index contributed by atoms with van der Waals surface area (Å²) in [5.41, 5.74) is 0.929. The lowest BCUT2D eigenvalue weighted by molar-refractivity contribution is 0.580. The van der Waals surface area contributed by atoms with Gasteiger partial charge in [-0.15, -0.1) is 4.91 Å². The average Bonchev–Trinajstić information content (AvgIpc) is 2.27. The molecule has 88 valence electrons. The van der Waals surface area contributed by atoms with Crippen molar-refractivity contribution in [3.05, 3.63) is 34.7 Å². The Morgan fingerprint density at radius 1 is 1.25 bits per heavy atom. The summed E-state index contributed by atoms with van der Waals surface area (Å²) < 4.78 is 25.5. The molecule has 0 aromatic heterocycles. The molecule has 0 aliphatic carbocycles. The van der Waals surface area contributed by atoms with Crippen LogP contribution in [0.4, 0.5) is 5.69 Å². The predicted octanol–water partition coefficient (Wildman–Crippen LogP) is 1.91. The van der Waals surface area contributed by atoms with Crippen LogP contribution in [0, 0.1) is 4.91 Å². The van der Waals surface area contributed by atoms with Gasteiger partial charge in [0.2, 0.25) is 10.0 Å². The first-order valence-corrected chi connectivity index (χ1v) is 6.62. The minimum absolute atomic E-state index is 0.0772. The van der Waals surface area contributed by atoms with Crippen molar-refractivity contribution in [2.45, 2.75) is 19.1 Å². The van der Waals surface area contributed by atoms with Crippen LogP contribution in [0.1, 0.15) is 18.9 Å². The molecule has 0 amide bonds. The van der Waals surface area contributed by atoms with Crippen molar-refractivity contribution in [2.75, 3.05) is 6.54 Å². The lowest BCUT2D eigenvalue weighted by Gasteiger charge is -2.05. The molecule has 0 heterocycles. The summed E-state index contributed by atoms with van der Waals surface area (Å²) in [5.74, 6) is -0.0772. The topological polar surface area (TPSA) is 75.6 Å². The van der Waals surface area contributed by atoms with E-state index in [1.165, 1.54) is 12.1 Å². The third-order valence-electron chi connectivity index (χ3n) is 1.97. The molecule has 5 nitrogen and oxygen atoms in total. The highest BCUT2D eigenvalue weighted by atomic mass is 32.2. The number of hydrogen-bond acceptors (Lipinski definition) is 4. The van der Waals surface area contributed by atoms with Gasteiger partial charge in [0, 0.05) is 6.54 Å². The van der Waals surface area contributed by atoms with Crippen LogP contribution >= 0.6 is 0 Å². The molecule has 0 spiro atoms. The van der Waals surface area contributed by atoms with Gasteiger partial charge in [0.15, 0.2) is 0 Å². The van der Waals surface area contributed by atoms with Crippen molar-refractivity contribution in [2.24, 2.45) is 5.18 Å². The molecular weight excluding hydrogens is 228 g/mol. The fourth-order valence-electron chi connectivity index (χ4n) is 1.18. The fraction of sp³-hybridized carbons (Fsp3) is 0.400. The van der Waals surface area contributed by atoms with E-state index in [1.54, 1.807) is 12.1 Å². The van der Waals surface area contributed by atoms with Crippen molar-refractivity contribution in [3.8, 4) is 0 Å². The Kier molecular flexibility index (Phi) is 4.57. The zero-order valence-electron chi connectivity index (χ0n) is 9.01. The van der Waals surface area contributed by atoms with E-state index in [0.717, 1.165) is 6.42 Å². The number of nitrogens with one attached hydrogen (secondary N) is 1. The van der Waals surface area contributed by atoms with Crippen LogP contribution in [0.3, 0.4) is 0 Å². The first-order chi connectivity index (χ1) is 7.57. The van der Waals surface area contributed by atoms with E-state index in [1.807, 2.05) is 6.92 Å². The molecule has 0 atom stereocenters. The Morgan fingerprint density at radius 2 is 1.88 bits per heavy atom. The monoisotopic (exact) mass is 242 g/mol. The Hall–Kier alpha value is -1.27. The van der Waals surface area contributed by atoms with Crippen molar-refractivity contribution in [1.29, 1.82) is 0 Å². The minimum Gasteiger partial charge on any atom is -0.215 e. The maximum atomic E-state index is 11.5. The molecule has 1 N–H and O–H groups in total. The molecule has 1 aromatic carbocycles. The van der Waals surface area contributed by atoms with Crippen LogP contribution in [0.15, 0.2) is 29.4 Å². The number of nitroso groups, excluding NO2 is 1. The van der Waals surface area contributed by atoms with Gasteiger partial charge in [0.1, 0.15) is 5.69 Å². The van der Waals surface area contributed by atoms with Crippen molar-refractivity contribution in [1.82, 2.24) is 4.72 Å². The molecule has 0 unspecified atom stereocenters. The largest absolute Gasteiger partial charge is 0.215 e. The minimum atomic E-state index is -3.28. The fourth-order valence-corrected chi connectivity index (χ4v) is 2.43. The highest BCUT2D eigenvalue weighted by Gasteiger charge is 2.10. The molecule has 1 aromatic rings. The van der Waals surface area contributed by atoms with Crippen LogP contribution in [-0.4, -0.2) is 15.0 Å². The highest BCUT2D eigenvalue weighted by molar-refractivity contribution is 7.88. The summed E-state index contributed by atoms with van der Waals surface area (Å²) in [5, 5.41) is 2.74. The summed E-state index contributed by atoms with van der Waals surface area (Å²) in [6.45, 7) is 2.34. The number of benzene rings is 1. The third kappa shape index (κ3) is 4.08. The van der Waals surface area contributed by atoms with Crippen molar-refractivity contribution < 1.29 is 8.42 Å². The molecule has 0 fully saturated rings. The summed E-state index contributed by atoms with van der Waals surface area (Å²) in [6, 6.07) is 6.17. The van der Waals surface area contributed by atoms with Gasteiger partial charge in [-0.1, -0.05) is 19.1 Å². The standard InChI is InChI=1S/C10H14N2O3S/c1-2-7-11-16(14,15)8-9-3-5-10(12-13)6-4-9/h3-6,11H,2,7-8H2,1H3. The maximum absolute atomic E-state index is 11.5. The van der Waals surface area contributed by atoms with Gasteiger partial charge in [-0.2, -0.15) is 0 Å². The molecule has 0 saturated carbocycles. The third-order valence-corrected chi connectivity index (χ3v) is 3.33. The predicted molar refractivity (Wildman–Crippen MR) is 62.8 cm³/mol. The number of nitrogens with zero attached hydrogens (tertiary/aromatic N) is 1. The van der Waals surface area contributed by atoms with E-state index >= 15 is 0 Å². The number of rotatable bonds is 6. The van der Waals surface area contributed by atoms with E-state index in [2.05, 4.69) is 9.90 Å². The van der Waals surface area contributed by atoms with Gasteiger partial charge >= 0.3 is 0 Å². The smallest absolute Gasteiger partial charge is 0.215 e. The van der Waals surface area contributed by atoms with Gasteiger partial charge in [0.25, 0.3) is 0 Å². The average molecular weight is 242 g/mol. The summed E-state index contributed by atoms with van der Waals surface area (Å²) >= 11 is 0. The maximum Gasteiger partial charge on any atom is 0.215 e. The molecular formula is C10H14N2O3S. The Morgan fingerprint density at radius 3 is 2.38 bits per heavy atom.